The van der Waals surface area contributed by atoms with Crippen LogP contribution in [0, 0.1) is 0 Å². The van der Waals surface area contributed by atoms with Crippen LogP contribution in [0.15, 0.2) is 0 Å². The molecule has 2 fully saturated rings. The van der Waals surface area contributed by atoms with Crippen LogP contribution >= 0.6 is 0 Å². The van der Waals surface area contributed by atoms with E-state index in [1.165, 1.54) is 0 Å². The van der Waals surface area contributed by atoms with E-state index < -0.39 is 0 Å². The molecular weight excluding hydrogens is 204 g/mol. The first kappa shape index (κ1) is 11.8. The Hall–Kier alpha value is -0.650. The van der Waals surface area contributed by atoms with E-state index in [9.17, 15) is 4.79 Å². The fourth-order valence-corrected chi connectivity index (χ4v) is 2.42. The number of nitrogens with one attached hydrogen (secondary N) is 1. The Labute approximate surface area is 97.4 Å². The quantitative estimate of drug-likeness (QED) is 0.605. The monoisotopic (exact) mass is 226 g/mol. The zero-order valence-electron chi connectivity index (χ0n) is 10.1. The first-order valence-corrected chi connectivity index (χ1v) is 6.12. The molecule has 1 amide bonds. The number of nitrogens with zero attached hydrogens (tertiary/aromatic N) is 3. The minimum absolute atomic E-state index is 0.622. The lowest BCUT2D eigenvalue weighted by atomic mass is 10.2. The second kappa shape index (κ2) is 5.61. The van der Waals surface area contributed by atoms with Crippen LogP contribution in [0.1, 0.15) is 0 Å². The standard InChI is InChI=1S/C11H22N4O/c1-13-3-2-12-8-11(13)9-14-4-6-15(10-16)7-5-14/h10-12H,2-9H2,1H3. The summed E-state index contributed by atoms with van der Waals surface area (Å²) >= 11 is 0. The van der Waals surface area contributed by atoms with Crippen molar-refractivity contribution in [2.75, 3.05) is 59.4 Å². The van der Waals surface area contributed by atoms with E-state index in [2.05, 4.69) is 22.2 Å². The Morgan fingerprint density at radius 3 is 2.62 bits per heavy atom. The van der Waals surface area contributed by atoms with Crippen LogP contribution in [-0.4, -0.2) is 86.6 Å². The Bertz CT molecular complexity index is 228. The highest BCUT2D eigenvalue weighted by Gasteiger charge is 2.23. The molecule has 0 aromatic heterocycles. The number of hydrogen-bond acceptors (Lipinski definition) is 4. The summed E-state index contributed by atoms with van der Waals surface area (Å²) in [6, 6.07) is 0.622. The summed E-state index contributed by atoms with van der Waals surface area (Å²) < 4.78 is 0. The number of piperazine rings is 2. The van der Waals surface area contributed by atoms with E-state index in [1.807, 2.05) is 4.90 Å². The van der Waals surface area contributed by atoms with Gasteiger partial charge in [-0.3, -0.25) is 14.6 Å². The first-order valence-electron chi connectivity index (χ1n) is 6.12. The predicted octanol–water partition coefficient (Wildman–Crippen LogP) is -1.34. The summed E-state index contributed by atoms with van der Waals surface area (Å²) in [6.45, 7) is 8.25. The van der Waals surface area contributed by atoms with E-state index in [4.69, 9.17) is 0 Å². The van der Waals surface area contributed by atoms with Gasteiger partial charge in [-0.1, -0.05) is 0 Å². The van der Waals surface area contributed by atoms with Gasteiger partial charge in [0.15, 0.2) is 0 Å². The maximum Gasteiger partial charge on any atom is 0.209 e. The molecule has 0 bridgehead atoms. The summed E-state index contributed by atoms with van der Waals surface area (Å²) in [4.78, 5) is 17.4. The van der Waals surface area contributed by atoms with Crippen LogP contribution in [0.5, 0.6) is 0 Å². The fourth-order valence-electron chi connectivity index (χ4n) is 2.42. The number of likely N-dealkylation sites (N-methyl/N-ethyl adjacent to an activating group) is 1. The van der Waals surface area contributed by atoms with E-state index in [-0.39, 0.29) is 0 Å². The minimum Gasteiger partial charge on any atom is -0.343 e. The molecule has 92 valence electrons. The molecule has 0 spiro atoms. The molecule has 2 aliphatic heterocycles. The Kier molecular flexibility index (Phi) is 4.15. The van der Waals surface area contributed by atoms with E-state index >= 15 is 0 Å². The maximum absolute atomic E-state index is 10.6. The average molecular weight is 226 g/mol. The van der Waals surface area contributed by atoms with Gasteiger partial charge in [-0.05, 0) is 7.05 Å². The van der Waals surface area contributed by atoms with Gasteiger partial charge < -0.3 is 10.2 Å². The topological polar surface area (TPSA) is 38.8 Å². The number of amides is 1. The molecule has 16 heavy (non-hydrogen) atoms. The van der Waals surface area contributed by atoms with Crippen molar-refractivity contribution < 1.29 is 4.79 Å². The highest BCUT2D eigenvalue weighted by Crippen LogP contribution is 2.06. The van der Waals surface area contributed by atoms with Crippen molar-refractivity contribution in [3.63, 3.8) is 0 Å². The maximum atomic E-state index is 10.6. The third kappa shape index (κ3) is 2.93. The fraction of sp³-hybridized carbons (Fsp3) is 0.909. The molecule has 0 saturated carbocycles. The average Bonchev–Trinajstić information content (AvgIpc) is 2.33. The summed E-state index contributed by atoms with van der Waals surface area (Å²) in [5, 5.41) is 3.44. The van der Waals surface area contributed by atoms with Crippen molar-refractivity contribution in [3.05, 3.63) is 0 Å². The first-order chi connectivity index (χ1) is 7.79. The van der Waals surface area contributed by atoms with Gasteiger partial charge in [0.25, 0.3) is 0 Å². The van der Waals surface area contributed by atoms with Gasteiger partial charge in [0.05, 0.1) is 0 Å². The van der Waals surface area contributed by atoms with Gasteiger partial charge in [-0.15, -0.1) is 0 Å². The van der Waals surface area contributed by atoms with Crippen LogP contribution in [0.2, 0.25) is 0 Å². The second-order valence-corrected chi connectivity index (χ2v) is 4.78. The van der Waals surface area contributed by atoms with E-state index in [0.717, 1.165) is 58.8 Å². The molecule has 1 atom stereocenters. The second-order valence-electron chi connectivity index (χ2n) is 4.78. The third-order valence-corrected chi connectivity index (χ3v) is 3.67. The lowest BCUT2D eigenvalue weighted by Crippen LogP contribution is -2.56. The zero-order chi connectivity index (χ0) is 11.4. The molecule has 2 aliphatic rings. The Balaban J connectivity index is 1.75. The third-order valence-electron chi connectivity index (χ3n) is 3.67. The number of carbonyl (C=O) groups is 1. The molecule has 1 N–H and O–H groups in total. The lowest BCUT2D eigenvalue weighted by molar-refractivity contribution is -0.119. The van der Waals surface area contributed by atoms with Crippen molar-refractivity contribution in [3.8, 4) is 0 Å². The SMILES string of the molecule is CN1CCNCC1CN1CCN(C=O)CC1. The molecule has 0 aliphatic carbocycles. The van der Waals surface area contributed by atoms with Crippen LogP contribution < -0.4 is 5.32 Å². The van der Waals surface area contributed by atoms with Gasteiger partial charge in [0, 0.05) is 58.4 Å². The van der Waals surface area contributed by atoms with Crippen LogP contribution in [0.25, 0.3) is 0 Å². The smallest absolute Gasteiger partial charge is 0.209 e. The highest BCUT2D eigenvalue weighted by molar-refractivity contribution is 5.47. The minimum atomic E-state index is 0.622. The summed E-state index contributed by atoms with van der Waals surface area (Å²) in [5.41, 5.74) is 0. The van der Waals surface area contributed by atoms with Gasteiger partial charge >= 0.3 is 0 Å². The van der Waals surface area contributed by atoms with Gasteiger partial charge in [-0.25, -0.2) is 0 Å². The summed E-state index contributed by atoms with van der Waals surface area (Å²) in [5.74, 6) is 0. The summed E-state index contributed by atoms with van der Waals surface area (Å²) in [7, 11) is 2.20. The van der Waals surface area contributed by atoms with Crippen LogP contribution in [0.3, 0.4) is 0 Å². The van der Waals surface area contributed by atoms with Crippen molar-refractivity contribution in [1.82, 2.24) is 20.0 Å². The number of hydrogen-bond donors (Lipinski definition) is 1. The molecule has 5 nitrogen and oxygen atoms in total. The zero-order valence-corrected chi connectivity index (χ0v) is 10.1. The van der Waals surface area contributed by atoms with Crippen molar-refractivity contribution in [1.29, 1.82) is 0 Å². The van der Waals surface area contributed by atoms with E-state index in [0.29, 0.717) is 6.04 Å². The molecule has 2 saturated heterocycles. The van der Waals surface area contributed by atoms with Crippen molar-refractivity contribution in [2.45, 2.75) is 6.04 Å². The lowest BCUT2D eigenvalue weighted by Gasteiger charge is -2.39. The van der Waals surface area contributed by atoms with Crippen LogP contribution in [-0.2, 0) is 4.79 Å². The largest absolute Gasteiger partial charge is 0.343 e. The Morgan fingerprint density at radius 1 is 1.25 bits per heavy atom. The van der Waals surface area contributed by atoms with Gasteiger partial charge in [0.2, 0.25) is 6.41 Å². The molecule has 2 rings (SSSR count). The summed E-state index contributed by atoms with van der Waals surface area (Å²) in [6.07, 6.45) is 0.964. The van der Waals surface area contributed by atoms with Crippen molar-refractivity contribution >= 4 is 6.41 Å². The molecule has 2 heterocycles. The molecule has 5 heteroatoms. The van der Waals surface area contributed by atoms with Gasteiger partial charge in [0.1, 0.15) is 0 Å². The number of carbonyl (C=O) groups excluding carboxylic acids is 1. The molecular formula is C11H22N4O. The molecule has 0 radical (unpaired) electrons. The Morgan fingerprint density at radius 2 is 2.00 bits per heavy atom. The normalized spacial score (nSPS) is 29.3. The molecule has 0 aromatic carbocycles. The van der Waals surface area contributed by atoms with Crippen molar-refractivity contribution in [2.24, 2.45) is 0 Å². The number of rotatable bonds is 3. The highest BCUT2D eigenvalue weighted by atomic mass is 16.1. The predicted molar refractivity (Wildman–Crippen MR) is 63.4 cm³/mol. The molecule has 0 aromatic rings. The van der Waals surface area contributed by atoms with E-state index in [1.54, 1.807) is 0 Å². The van der Waals surface area contributed by atoms with Crippen LogP contribution in [0.4, 0.5) is 0 Å². The molecule has 1 unspecified atom stereocenters. The van der Waals surface area contributed by atoms with Gasteiger partial charge in [-0.2, -0.15) is 0 Å².